The van der Waals surface area contributed by atoms with Crippen molar-refractivity contribution in [2.45, 2.75) is 39.7 Å². The molecule has 1 heterocycles. The van der Waals surface area contributed by atoms with Crippen molar-refractivity contribution in [2.75, 3.05) is 31.0 Å². The summed E-state index contributed by atoms with van der Waals surface area (Å²) in [6, 6.07) is 8.46. The van der Waals surface area contributed by atoms with E-state index in [9.17, 15) is 13.2 Å². The van der Waals surface area contributed by atoms with Crippen LogP contribution in [0.2, 0.25) is 0 Å². The molecule has 0 aliphatic carbocycles. The molecule has 0 aromatic heterocycles. The Labute approximate surface area is 189 Å². The van der Waals surface area contributed by atoms with Gasteiger partial charge in [0.25, 0.3) is 0 Å². The largest absolute Gasteiger partial charge is 0.496 e. The first-order valence-electron chi connectivity index (χ1n) is 10.4. The molecule has 1 N–H and O–H groups in total. The van der Waals surface area contributed by atoms with Crippen LogP contribution < -0.4 is 23.8 Å². The molecule has 1 unspecified atom stereocenters. The summed E-state index contributed by atoms with van der Waals surface area (Å²) >= 11 is 0. The van der Waals surface area contributed by atoms with Crippen LogP contribution in [0.25, 0.3) is 0 Å². The highest BCUT2D eigenvalue weighted by Gasteiger charge is 2.25. The van der Waals surface area contributed by atoms with Gasteiger partial charge in [-0.3, -0.25) is 9.10 Å². The molecule has 3 rings (SSSR count). The van der Waals surface area contributed by atoms with Crippen LogP contribution >= 0.6 is 0 Å². The van der Waals surface area contributed by atoms with Crippen LogP contribution in [0.5, 0.6) is 17.2 Å². The van der Waals surface area contributed by atoms with Gasteiger partial charge >= 0.3 is 0 Å². The Balaban J connectivity index is 1.80. The third kappa shape index (κ3) is 5.09. The summed E-state index contributed by atoms with van der Waals surface area (Å²) in [6.45, 7) is 7.72. The molecule has 32 heavy (non-hydrogen) atoms. The predicted molar refractivity (Wildman–Crippen MR) is 123 cm³/mol. The Hall–Kier alpha value is -2.94. The number of fused-ring (bicyclic) bond motifs is 1. The molecule has 8 nitrogen and oxygen atoms in total. The average Bonchev–Trinajstić information content (AvgIpc) is 3.18. The number of aryl methyl sites for hydroxylation is 1. The molecule has 0 saturated carbocycles. The van der Waals surface area contributed by atoms with Crippen molar-refractivity contribution >= 4 is 21.6 Å². The summed E-state index contributed by atoms with van der Waals surface area (Å²) in [4.78, 5) is 12.8. The highest BCUT2D eigenvalue weighted by molar-refractivity contribution is 7.92. The average molecular weight is 463 g/mol. The number of rotatable bonds is 8. The molecule has 1 amide bonds. The fourth-order valence-corrected chi connectivity index (χ4v) is 4.59. The van der Waals surface area contributed by atoms with Gasteiger partial charge in [-0.25, -0.2) is 8.42 Å². The number of sulfonamides is 1. The quantitative estimate of drug-likeness (QED) is 0.645. The van der Waals surface area contributed by atoms with E-state index in [1.807, 2.05) is 26.0 Å². The van der Waals surface area contributed by atoms with Gasteiger partial charge in [-0.1, -0.05) is 13.8 Å². The lowest BCUT2D eigenvalue weighted by Gasteiger charge is -2.24. The molecule has 0 spiro atoms. The lowest BCUT2D eigenvalue weighted by Crippen LogP contribution is -2.41. The number of hydrogen-bond donors (Lipinski definition) is 1. The SMILES string of the molecule is COc1cc(C)c(C(C)NC(=O)CN(c2ccc3c(c2)OCO3)S(C)(=O)=O)cc1C(C)C. The molecule has 0 radical (unpaired) electrons. The van der Waals surface area contributed by atoms with Crippen molar-refractivity contribution in [3.05, 3.63) is 47.0 Å². The van der Waals surface area contributed by atoms with Crippen LogP contribution in [0.15, 0.2) is 30.3 Å². The van der Waals surface area contributed by atoms with Gasteiger partial charge in [0, 0.05) is 6.07 Å². The van der Waals surface area contributed by atoms with Gasteiger partial charge in [0.1, 0.15) is 12.3 Å². The molecular weight excluding hydrogens is 432 g/mol. The minimum absolute atomic E-state index is 0.0786. The fourth-order valence-electron chi connectivity index (χ4n) is 3.75. The van der Waals surface area contributed by atoms with Crippen LogP contribution in [-0.2, 0) is 14.8 Å². The Bertz CT molecular complexity index is 1110. The van der Waals surface area contributed by atoms with Crippen LogP contribution in [-0.4, -0.2) is 41.0 Å². The zero-order valence-corrected chi connectivity index (χ0v) is 20.1. The number of ether oxygens (including phenoxy) is 3. The number of anilines is 1. The standard InChI is InChI=1S/C23H30N2O6S/c1-14(2)18-11-19(15(3)9-21(18)29-5)16(4)24-23(26)12-25(32(6,27)28)17-7-8-20-22(10-17)31-13-30-20/h7-11,14,16H,12-13H2,1-6H3,(H,24,26). The zero-order chi connectivity index (χ0) is 23.6. The van der Waals surface area contributed by atoms with Crippen molar-refractivity contribution in [1.29, 1.82) is 0 Å². The van der Waals surface area contributed by atoms with Gasteiger partial charge < -0.3 is 19.5 Å². The van der Waals surface area contributed by atoms with E-state index < -0.39 is 15.9 Å². The summed E-state index contributed by atoms with van der Waals surface area (Å²) in [5.41, 5.74) is 3.32. The second-order valence-electron chi connectivity index (χ2n) is 8.20. The number of carbonyl (C=O) groups excluding carboxylic acids is 1. The Morgan fingerprint density at radius 3 is 2.44 bits per heavy atom. The van der Waals surface area contributed by atoms with Gasteiger partial charge in [-0.05, 0) is 60.7 Å². The zero-order valence-electron chi connectivity index (χ0n) is 19.3. The summed E-state index contributed by atoms with van der Waals surface area (Å²) < 4.78 is 42.0. The van der Waals surface area contributed by atoms with Crippen LogP contribution in [0, 0.1) is 6.92 Å². The molecule has 0 fully saturated rings. The highest BCUT2D eigenvalue weighted by Crippen LogP contribution is 2.36. The van der Waals surface area contributed by atoms with Crippen LogP contribution in [0.1, 0.15) is 49.4 Å². The second-order valence-corrected chi connectivity index (χ2v) is 10.1. The lowest BCUT2D eigenvalue weighted by atomic mass is 9.93. The lowest BCUT2D eigenvalue weighted by molar-refractivity contribution is -0.120. The first kappa shape index (κ1) is 23.7. The van der Waals surface area contributed by atoms with E-state index in [0.29, 0.717) is 17.2 Å². The normalized spacial score (nSPS) is 13.7. The van der Waals surface area contributed by atoms with Crippen LogP contribution in [0.3, 0.4) is 0 Å². The molecule has 0 saturated heterocycles. The first-order chi connectivity index (χ1) is 15.0. The van der Waals surface area contributed by atoms with Crippen molar-refractivity contribution in [3.8, 4) is 17.2 Å². The van der Waals surface area contributed by atoms with E-state index in [0.717, 1.165) is 33.0 Å². The summed E-state index contributed by atoms with van der Waals surface area (Å²) in [7, 11) is -2.07. The Morgan fingerprint density at radius 2 is 1.81 bits per heavy atom. The molecule has 1 atom stereocenters. The molecule has 1 aliphatic heterocycles. The Morgan fingerprint density at radius 1 is 1.12 bits per heavy atom. The number of carbonyl (C=O) groups is 1. The third-order valence-electron chi connectivity index (χ3n) is 5.42. The maximum absolute atomic E-state index is 12.8. The number of methoxy groups -OCH3 is 1. The van der Waals surface area contributed by atoms with Gasteiger partial charge in [0.15, 0.2) is 11.5 Å². The number of nitrogens with one attached hydrogen (secondary N) is 1. The van der Waals surface area contributed by atoms with Crippen molar-refractivity contribution < 1.29 is 27.4 Å². The van der Waals surface area contributed by atoms with Crippen molar-refractivity contribution in [2.24, 2.45) is 0 Å². The maximum atomic E-state index is 12.8. The highest BCUT2D eigenvalue weighted by atomic mass is 32.2. The molecule has 2 aromatic rings. The monoisotopic (exact) mass is 462 g/mol. The van der Waals surface area contributed by atoms with E-state index in [2.05, 4.69) is 19.2 Å². The molecular formula is C23H30N2O6S. The van der Waals surface area contributed by atoms with E-state index in [1.165, 1.54) is 0 Å². The van der Waals surface area contributed by atoms with Gasteiger partial charge in [0.2, 0.25) is 22.7 Å². The smallest absolute Gasteiger partial charge is 0.241 e. The van der Waals surface area contributed by atoms with E-state index in [-0.39, 0.29) is 25.3 Å². The second kappa shape index (κ2) is 9.28. The van der Waals surface area contributed by atoms with E-state index >= 15 is 0 Å². The van der Waals surface area contributed by atoms with Crippen molar-refractivity contribution in [3.63, 3.8) is 0 Å². The van der Waals surface area contributed by atoms with Gasteiger partial charge in [0.05, 0.1) is 25.1 Å². The Kier molecular flexibility index (Phi) is 6.88. The maximum Gasteiger partial charge on any atom is 0.241 e. The molecule has 9 heteroatoms. The predicted octanol–water partition coefficient (Wildman–Crippen LogP) is 3.50. The molecule has 174 valence electrons. The number of nitrogens with zero attached hydrogens (tertiary/aromatic N) is 1. The van der Waals surface area contributed by atoms with E-state index in [4.69, 9.17) is 14.2 Å². The minimum Gasteiger partial charge on any atom is -0.496 e. The molecule has 0 bridgehead atoms. The number of benzene rings is 2. The van der Waals surface area contributed by atoms with Gasteiger partial charge in [-0.2, -0.15) is 0 Å². The summed E-state index contributed by atoms with van der Waals surface area (Å²) in [6.07, 6.45) is 1.07. The topological polar surface area (TPSA) is 94.2 Å². The van der Waals surface area contributed by atoms with Crippen molar-refractivity contribution in [1.82, 2.24) is 5.32 Å². The number of amides is 1. The van der Waals surface area contributed by atoms with Gasteiger partial charge in [-0.15, -0.1) is 0 Å². The minimum atomic E-state index is -3.71. The summed E-state index contributed by atoms with van der Waals surface area (Å²) in [5, 5.41) is 2.92. The molecule has 1 aliphatic rings. The van der Waals surface area contributed by atoms with Crippen LogP contribution in [0.4, 0.5) is 5.69 Å². The summed E-state index contributed by atoms with van der Waals surface area (Å²) in [5.74, 6) is 1.63. The van der Waals surface area contributed by atoms with E-state index in [1.54, 1.807) is 25.3 Å². The number of hydrogen-bond acceptors (Lipinski definition) is 6. The molecule has 2 aromatic carbocycles. The third-order valence-corrected chi connectivity index (χ3v) is 6.56. The fraction of sp³-hybridized carbons (Fsp3) is 0.435. The first-order valence-corrected chi connectivity index (χ1v) is 12.2.